The third-order valence-electron chi connectivity index (χ3n) is 3.82. The number of quaternary nitrogens is 1. The quantitative estimate of drug-likeness (QED) is 0.615. The van der Waals surface area contributed by atoms with Gasteiger partial charge in [-0.25, -0.2) is 0 Å². The summed E-state index contributed by atoms with van der Waals surface area (Å²) in [6, 6.07) is 13.0. The summed E-state index contributed by atoms with van der Waals surface area (Å²) in [4.78, 5) is 25.2. The molecule has 2 aromatic carbocycles. The summed E-state index contributed by atoms with van der Waals surface area (Å²) in [5.74, 6) is 0.163. The minimum absolute atomic E-state index is 0.216. The SMILES string of the molecule is COc1ccc(C)cc1C[NH+](C)CC(=O)NNC(=O)c1ccccc1Br. The van der Waals surface area contributed by atoms with E-state index < -0.39 is 0 Å². The van der Waals surface area contributed by atoms with Gasteiger partial charge in [0.1, 0.15) is 12.3 Å². The fourth-order valence-electron chi connectivity index (χ4n) is 2.59. The van der Waals surface area contributed by atoms with Crippen molar-refractivity contribution in [2.75, 3.05) is 20.7 Å². The first-order valence-corrected chi connectivity index (χ1v) is 8.98. The molecule has 138 valence electrons. The maximum Gasteiger partial charge on any atom is 0.293 e. The predicted octanol–water partition coefficient (Wildman–Crippen LogP) is 1.24. The van der Waals surface area contributed by atoms with Crippen molar-refractivity contribution in [1.29, 1.82) is 0 Å². The van der Waals surface area contributed by atoms with Crippen LogP contribution in [-0.2, 0) is 11.3 Å². The molecule has 0 saturated carbocycles. The number of ether oxygens (including phenoxy) is 1. The molecule has 0 radical (unpaired) electrons. The third-order valence-corrected chi connectivity index (χ3v) is 4.52. The van der Waals surface area contributed by atoms with Gasteiger partial charge in [-0.1, -0.05) is 23.8 Å². The van der Waals surface area contributed by atoms with E-state index in [1.807, 2.05) is 32.2 Å². The lowest BCUT2D eigenvalue weighted by Gasteiger charge is -2.16. The van der Waals surface area contributed by atoms with E-state index in [2.05, 4.69) is 32.8 Å². The lowest BCUT2D eigenvalue weighted by atomic mass is 10.1. The van der Waals surface area contributed by atoms with E-state index in [1.165, 1.54) is 0 Å². The maximum absolute atomic E-state index is 12.1. The summed E-state index contributed by atoms with van der Waals surface area (Å²) in [6.45, 7) is 2.87. The van der Waals surface area contributed by atoms with E-state index in [0.29, 0.717) is 16.6 Å². The Kier molecular flexibility index (Phi) is 7.17. The van der Waals surface area contributed by atoms with Crippen molar-refractivity contribution in [2.24, 2.45) is 0 Å². The van der Waals surface area contributed by atoms with Gasteiger partial charge in [-0.05, 0) is 47.1 Å². The second kappa shape index (κ2) is 9.35. The van der Waals surface area contributed by atoms with Gasteiger partial charge in [0.15, 0.2) is 6.54 Å². The number of methoxy groups -OCH3 is 1. The Balaban J connectivity index is 1.87. The van der Waals surface area contributed by atoms with Crippen LogP contribution in [0.15, 0.2) is 46.9 Å². The van der Waals surface area contributed by atoms with Gasteiger partial charge in [0, 0.05) is 10.0 Å². The van der Waals surface area contributed by atoms with Gasteiger partial charge in [0.05, 0.1) is 19.7 Å². The Morgan fingerprint density at radius 3 is 2.58 bits per heavy atom. The number of carbonyl (C=O) groups excluding carboxylic acids is 2. The normalized spacial score (nSPS) is 11.5. The first-order chi connectivity index (χ1) is 12.4. The molecule has 0 aliphatic carbocycles. The van der Waals surface area contributed by atoms with Crippen molar-refractivity contribution >= 4 is 27.7 Å². The zero-order valence-electron chi connectivity index (χ0n) is 15.1. The molecule has 0 aliphatic heterocycles. The van der Waals surface area contributed by atoms with Crippen LogP contribution in [0, 0.1) is 6.92 Å². The zero-order valence-corrected chi connectivity index (χ0v) is 16.6. The Bertz CT molecular complexity index is 795. The van der Waals surface area contributed by atoms with E-state index in [4.69, 9.17) is 4.74 Å². The van der Waals surface area contributed by atoms with Crippen molar-refractivity contribution in [1.82, 2.24) is 10.9 Å². The Hall–Kier alpha value is -2.38. The summed E-state index contributed by atoms with van der Waals surface area (Å²) in [5, 5.41) is 0. The molecule has 1 atom stereocenters. The predicted molar refractivity (Wildman–Crippen MR) is 103 cm³/mol. The minimum Gasteiger partial charge on any atom is -0.496 e. The van der Waals surface area contributed by atoms with Crippen LogP contribution < -0.4 is 20.5 Å². The highest BCUT2D eigenvalue weighted by Crippen LogP contribution is 2.18. The smallest absolute Gasteiger partial charge is 0.293 e. The molecule has 0 bridgehead atoms. The summed E-state index contributed by atoms with van der Waals surface area (Å²) in [7, 11) is 3.55. The number of benzene rings is 2. The number of nitrogens with one attached hydrogen (secondary N) is 3. The molecule has 0 fully saturated rings. The van der Waals surface area contributed by atoms with Crippen LogP contribution in [0.1, 0.15) is 21.5 Å². The van der Waals surface area contributed by atoms with Gasteiger partial charge in [-0.15, -0.1) is 0 Å². The Morgan fingerprint density at radius 1 is 1.15 bits per heavy atom. The second-order valence-electron chi connectivity index (χ2n) is 6.11. The highest BCUT2D eigenvalue weighted by molar-refractivity contribution is 9.10. The molecule has 0 saturated heterocycles. The number of hydrogen-bond donors (Lipinski definition) is 3. The highest BCUT2D eigenvalue weighted by atomic mass is 79.9. The average Bonchev–Trinajstić information content (AvgIpc) is 2.60. The molecular formula is C19H23BrN3O3+. The molecule has 26 heavy (non-hydrogen) atoms. The molecule has 6 nitrogen and oxygen atoms in total. The molecular weight excluding hydrogens is 398 g/mol. The first-order valence-electron chi connectivity index (χ1n) is 8.19. The largest absolute Gasteiger partial charge is 0.496 e. The molecule has 0 aliphatic rings. The van der Waals surface area contributed by atoms with E-state index in [-0.39, 0.29) is 18.4 Å². The van der Waals surface area contributed by atoms with Crippen LogP contribution in [0.2, 0.25) is 0 Å². The molecule has 2 amide bonds. The number of hydrazine groups is 1. The standard InChI is InChI=1S/C19H22BrN3O3/c1-13-8-9-17(26-3)14(10-13)11-23(2)12-18(24)21-22-19(25)15-6-4-5-7-16(15)20/h4-10H,11-12H2,1-3H3,(H,21,24)(H,22,25)/p+1. The van der Waals surface area contributed by atoms with Crippen LogP contribution in [-0.4, -0.2) is 32.5 Å². The number of amides is 2. The van der Waals surface area contributed by atoms with Crippen molar-refractivity contribution < 1.29 is 19.2 Å². The zero-order chi connectivity index (χ0) is 19.1. The summed E-state index contributed by atoms with van der Waals surface area (Å²) in [6.07, 6.45) is 0. The van der Waals surface area contributed by atoms with Crippen LogP contribution in [0.3, 0.4) is 0 Å². The molecule has 7 heteroatoms. The summed E-state index contributed by atoms with van der Waals surface area (Å²) < 4.78 is 6.04. The van der Waals surface area contributed by atoms with Crippen LogP contribution in [0.5, 0.6) is 5.75 Å². The first kappa shape index (κ1) is 19.9. The number of carbonyl (C=O) groups is 2. The van der Waals surface area contributed by atoms with E-state index in [1.54, 1.807) is 25.3 Å². The molecule has 1 unspecified atom stereocenters. The van der Waals surface area contributed by atoms with Crippen LogP contribution >= 0.6 is 15.9 Å². The van der Waals surface area contributed by atoms with E-state index in [0.717, 1.165) is 21.8 Å². The third kappa shape index (κ3) is 5.57. The van der Waals surface area contributed by atoms with Crippen molar-refractivity contribution in [3.8, 4) is 5.75 Å². The molecule has 0 spiro atoms. The maximum atomic E-state index is 12.1. The molecule has 3 N–H and O–H groups in total. The van der Waals surface area contributed by atoms with E-state index in [9.17, 15) is 9.59 Å². The Labute approximate surface area is 161 Å². The topological polar surface area (TPSA) is 71.9 Å². The highest BCUT2D eigenvalue weighted by Gasteiger charge is 2.15. The molecule has 0 heterocycles. The molecule has 0 aromatic heterocycles. The fraction of sp³-hybridized carbons (Fsp3) is 0.263. The Morgan fingerprint density at radius 2 is 1.88 bits per heavy atom. The fourth-order valence-corrected chi connectivity index (χ4v) is 3.06. The number of likely N-dealkylation sites (N-methyl/N-ethyl adjacent to an activating group) is 1. The van der Waals surface area contributed by atoms with Crippen molar-refractivity contribution in [3.63, 3.8) is 0 Å². The minimum atomic E-state index is -0.371. The van der Waals surface area contributed by atoms with Gasteiger partial charge in [0.2, 0.25) is 0 Å². The second-order valence-corrected chi connectivity index (χ2v) is 6.96. The molecule has 2 aromatic rings. The monoisotopic (exact) mass is 420 g/mol. The van der Waals surface area contributed by atoms with Gasteiger partial charge >= 0.3 is 0 Å². The van der Waals surface area contributed by atoms with Gasteiger partial charge in [0.25, 0.3) is 11.8 Å². The number of aryl methyl sites for hydroxylation is 1. The number of rotatable bonds is 6. The van der Waals surface area contributed by atoms with Crippen LogP contribution in [0.25, 0.3) is 0 Å². The van der Waals surface area contributed by atoms with Gasteiger partial charge in [-0.3, -0.25) is 20.4 Å². The summed E-state index contributed by atoms with van der Waals surface area (Å²) in [5.41, 5.74) is 7.52. The molecule has 2 rings (SSSR count). The van der Waals surface area contributed by atoms with Gasteiger partial charge < -0.3 is 9.64 Å². The lowest BCUT2D eigenvalue weighted by Crippen LogP contribution is -3.09. The average molecular weight is 421 g/mol. The van der Waals surface area contributed by atoms with Gasteiger partial charge in [-0.2, -0.15) is 0 Å². The summed E-state index contributed by atoms with van der Waals surface area (Å²) >= 11 is 3.31. The van der Waals surface area contributed by atoms with Crippen molar-refractivity contribution in [3.05, 3.63) is 63.6 Å². The van der Waals surface area contributed by atoms with E-state index >= 15 is 0 Å². The van der Waals surface area contributed by atoms with Crippen LogP contribution in [0.4, 0.5) is 0 Å². The van der Waals surface area contributed by atoms with Crippen molar-refractivity contribution in [2.45, 2.75) is 13.5 Å². The lowest BCUT2D eigenvalue weighted by molar-refractivity contribution is -0.885. The number of hydrogen-bond acceptors (Lipinski definition) is 3. The number of halogens is 1.